The number of ether oxygens (including phenoxy) is 2. The summed E-state index contributed by atoms with van der Waals surface area (Å²) in [4.78, 5) is 4.81. The van der Waals surface area contributed by atoms with Crippen LogP contribution in [0.4, 0.5) is 0 Å². The first-order chi connectivity index (χ1) is 21.6. The molecule has 1 fully saturated rings. The fraction of sp³-hybridized carbons (Fsp3) is 0.425. The molecule has 0 saturated carbocycles. The quantitative estimate of drug-likeness (QED) is 0.145. The van der Waals surface area contributed by atoms with Gasteiger partial charge in [-0.15, -0.1) is 0 Å². The Kier molecular flexibility index (Phi) is 11.5. The minimum absolute atomic E-state index is 0.125. The lowest BCUT2D eigenvalue weighted by molar-refractivity contribution is -0.219. The molecule has 0 spiro atoms. The second-order valence-electron chi connectivity index (χ2n) is 13.5. The molecule has 238 valence electrons. The molecule has 0 radical (unpaired) electrons. The largest absolute Gasteiger partial charge is 0.353 e. The van der Waals surface area contributed by atoms with Crippen molar-refractivity contribution in [3.05, 3.63) is 112 Å². The van der Waals surface area contributed by atoms with E-state index in [1.54, 1.807) is 0 Å². The topological polar surface area (TPSA) is 31.4 Å². The monoisotopic (exact) mass is 641 g/mol. The predicted octanol–water partition coefficient (Wildman–Crippen LogP) is 11.7. The zero-order chi connectivity index (χ0) is 31.9. The van der Waals surface area contributed by atoms with Crippen LogP contribution in [0.2, 0.25) is 5.02 Å². The van der Waals surface area contributed by atoms with Gasteiger partial charge in [0.05, 0.1) is 16.8 Å². The molecule has 45 heavy (non-hydrogen) atoms. The number of pyridine rings is 1. The van der Waals surface area contributed by atoms with Crippen LogP contribution in [0.1, 0.15) is 99.9 Å². The van der Waals surface area contributed by atoms with Gasteiger partial charge in [-0.05, 0) is 104 Å². The Labute approximate surface area is 279 Å². The molecule has 5 heteroatoms. The van der Waals surface area contributed by atoms with Crippen molar-refractivity contribution in [1.29, 1.82) is 0 Å². The first kappa shape index (κ1) is 33.7. The number of nitrogens with zero attached hydrogens (tertiary/aromatic N) is 1. The molecule has 1 aromatic heterocycles. The van der Waals surface area contributed by atoms with Gasteiger partial charge in [-0.25, -0.2) is 4.98 Å². The number of halogens is 1. The van der Waals surface area contributed by atoms with Crippen molar-refractivity contribution in [1.82, 2.24) is 4.98 Å². The minimum Gasteiger partial charge on any atom is -0.353 e. The van der Waals surface area contributed by atoms with Gasteiger partial charge in [0.15, 0.2) is 6.29 Å². The summed E-state index contributed by atoms with van der Waals surface area (Å²) >= 11 is 8.31. The van der Waals surface area contributed by atoms with E-state index in [-0.39, 0.29) is 6.29 Å². The molecule has 5 rings (SSSR count). The molecular formula is C40H48ClNO2S. The van der Waals surface area contributed by atoms with E-state index in [4.69, 9.17) is 26.1 Å². The van der Waals surface area contributed by atoms with Crippen molar-refractivity contribution in [2.24, 2.45) is 5.41 Å². The highest BCUT2D eigenvalue weighted by Crippen LogP contribution is 2.40. The minimum atomic E-state index is -0.418. The highest BCUT2D eigenvalue weighted by atomic mass is 35.5. The van der Waals surface area contributed by atoms with Gasteiger partial charge in [-0.3, -0.25) is 0 Å². The Morgan fingerprint density at radius 2 is 1.80 bits per heavy atom. The van der Waals surface area contributed by atoms with E-state index in [0.717, 1.165) is 67.5 Å². The summed E-state index contributed by atoms with van der Waals surface area (Å²) in [7, 11) is 0. The second-order valence-corrected chi connectivity index (χ2v) is 15.1. The lowest BCUT2D eigenvalue weighted by Gasteiger charge is -2.34. The molecular weight excluding hydrogens is 594 g/mol. The van der Waals surface area contributed by atoms with E-state index in [9.17, 15) is 0 Å². The van der Waals surface area contributed by atoms with E-state index in [0.29, 0.717) is 15.7 Å². The van der Waals surface area contributed by atoms with Crippen molar-refractivity contribution >= 4 is 46.4 Å². The highest BCUT2D eigenvalue weighted by molar-refractivity contribution is 7.99. The van der Waals surface area contributed by atoms with Crippen LogP contribution in [-0.4, -0.2) is 23.6 Å². The molecule has 4 aromatic rings. The summed E-state index contributed by atoms with van der Waals surface area (Å²) in [6.45, 7) is 12.2. The van der Waals surface area contributed by atoms with Crippen LogP contribution >= 0.6 is 23.4 Å². The Balaban J connectivity index is 1.35. The third kappa shape index (κ3) is 9.45. The normalized spacial score (nSPS) is 16.8. The van der Waals surface area contributed by atoms with Gasteiger partial charge >= 0.3 is 0 Å². The molecule has 0 bridgehead atoms. The van der Waals surface area contributed by atoms with E-state index in [1.807, 2.05) is 18.2 Å². The zero-order valence-corrected chi connectivity index (χ0v) is 29.1. The Morgan fingerprint density at radius 1 is 0.978 bits per heavy atom. The van der Waals surface area contributed by atoms with Gasteiger partial charge < -0.3 is 9.47 Å². The summed E-state index contributed by atoms with van der Waals surface area (Å²) in [6.07, 6.45) is 10.6. The lowest BCUT2D eigenvalue weighted by Crippen LogP contribution is -2.33. The fourth-order valence-electron chi connectivity index (χ4n) is 5.83. The molecule has 0 aliphatic carbocycles. The van der Waals surface area contributed by atoms with Gasteiger partial charge in [-0.1, -0.05) is 106 Å². The summed E-state index contributed by atoms with van der Waals surface area (Å²) in [5, 5.41) is 2.17. The number of rotatable bonds is 13. The number of aryl methyl sites for hydroxylation is 1. The average molecular weight is 642 g/mol. The van der Waals surface area contributed by atoms with Crippen LogP contribution in [0.25, 0.3) is 23.1 Å². The van der Waals surface area contributed by atoms with Crippen molar-refractivity contribution in [2.75, 3.05) is 12.4 Å². The van der Waals surface area contributed by atoms with Crippen LogP contribution in [0.5, 0.6) is 0 Å². The van der Waals surface area contributed by atoms with Crippen LogP contribution in [0.3, 0.4) is 0 Å². The zero-order valence-electron chi connectivity index (χ0n) is 27.5. The van der Waals surface area contributed by atoms with Crippen LogP contribution in [0, 0.1) is 5.41 Å². The van der Waals surface area contributed by atoms with E-state index >= 15 is 0 Å². The molecule has 1 unspecified atom stereocenters. The summed E-state index contributed by atoms with van der Waals surface area (Å²) in [5.74, 6) is 1.12. The van der Waals surface area contributed by atoms with Gasteiger partial charge in [0.1, 0.15) is 0 Å². The Bertz CT molecular complexity index is 1590. The molecule has 1 aliphatic heterocycles. The molecule has 3 nitrogen and oxygen atoms in total. The maximum Gasteiger partial charge on any atom is 0.158 e. The van der Waals surface area contributed by atoms with Crippen LogP contribution in [-0.2, 0) is 21.5 Å². The SMILES string of the molecule is CCC(C)(C)CS[C@H](CCc1ccccc1C(C)(C)OC1CCCCO1)c1cccc(C=Cc2ccc3ccc(Cl)cc3n2)c1. The van der Waals surface area contributed by atoms with E-state index < -0.39 is 5.60 Å². The third-order valence-corrected chi connectivity index (χ3v) is 11.0. The number of aromatic nitrogens is 1. The molecule has 2 atom stereocenters. The Hall–Kier alpha value is -2.63. The smallest absolute Gasteiger partial charge is 0.158 e. The molecule has 0 amide bonds. The first-order valence-electron chi connectivity index (χ1n) is 16.5. The standard InChI is InChI=1S/C40H48ClNO2S/c1-6-39(2,3)28-45-37(24-20-30-13-7-8-15-35(30)40(4,5)44-38-16-9-10-25-43-38)32-14-11-12-29(26-32)17-22-34-23-19-31-18-21-33(41)27-36(31)42-34/h7-8,11-15,17-19,21-23,26-27,37-38H,6,9-10,16,20,24-25,28H2,1-5H3/t37-,38?/m1/s1. The third-order valence-electron chi connectivity index (χ3n) is 8.94. The lowest BCUT2D eigenvalue weighted by atomic mass is 9.89. The fourth-order valence-corrected chi connectivity index (χ4v) is 7.47. The number of hydrogen-bond donors (Lipinski definition) is 0. The maximum atomic E-state index is 6.57. The van der Waals surface area contributed by atoms with Crippen molar-refractivity contribution in [3.63, 3.8) is 0 Å². The number of thioether (sulfide) groups is 1. The van der Waals surface area contributed by atoms with Gasteiger partial charge in [0.25, 0.3) is 0 Å². The number of hydrogen-bond acceptors (Lipinski definition) is 4. The maximum absolute atomic E-state index is 6.57. The first-order valence-corrected chi connectivity index (χ1v) is 17.9. The Morgan fingerprint density at radius 3 is 2.60 bits per heavy atom. The summed E-state index contributed by atoms with van der Waals surface area (Å²) in [6, 6.07) is 27.8. The number of benzene rings is 3. The van der Waals surface area contributed by atoms with Gasteiger partial charge in [0.2, 0.25) is 0 Å². The summed E-state index contributed by atoms with van der Waals surface area (Å²) in [5.41, 5.74) is 6.88. The molecule has 0 N–H and O–H groups in total. The average Bonchev–Trinajstić information content (AvgIpc) is 3.04. The van der Waals surface area contributed by atoms with Crippen LogP contribution < -0.4 is 0 Å². The van der Waals surface area contributed by atoms with E-state index in [1.165, 1.54) is 22.3 Å². The molecule has 2 heterocycles. The second kappa shape index (κ2) is 15.3. The van der Waals surface area contributed by atoms with Crippen molar-refractivity contribution < 1.29 is 9.47 Å². The van der Waals surface area contributed by atoms with Gasteiger partial charge in [-0.2, -0.15) is 11.8 Å². The van der Waals surface area contributed by atoms with E-state index in [2.05, 4.69) is 119 Å². The number of fused-ring (bicyclic) bond motifs is 1. The van der Waals surface area contributed by atoms with Crippen LogP contribution in [0.15, 0.2) is 78.9 Å². The molecule has 3 aromatic carbocycles. The van der Waals surface area contributed by atoms with Crippen molar-refractivity contribution in [2.45, 2.75) is 90.3 Å². The predicted molar refractivity (Wildman–Crippen MR) is 194 cm³/mol. The van der Waals surface area contributed by atoms with Crippen molar-refractivity contribution in [3.8, 4) is 0 Å². The molecule has 1 saturated heterocycles. The summed E-state index contributed by atoms with van der Waals surface area (Å²) < 4.78 is 12.5. The van der Waals surface area contributed by atoms with Gasteiger partial charge in [0, 0.05) is 22.3 Å². The molecule has 1 aliphatic rings. The highest BCUT2D eigenvalue weighted by Gasteiger charge is 2.30.